The van der Waals surface area contributed by atoms with E-state index in [-0.39, 0.29) is 0 Å². The highest BCUT2D eigenvalue weighted by atomic mass is 16.3. The fourth-order valence-corrected chi connectivity index (χ4v) is 2.91. The molecule has 0 saturated heterocycles. The molecule has 1 atom stereocenters. The lowest BCUT2D eigenvalue weighted by Crippen LogP contribution is -2.26. The smallest absolute Gasteiger partial charge is 0.130 e. The Kier molecular flexibility index (Phi) is 2.90. The summed E-state index contributed by atoms with van der Waals surface area (Å²) in [7, 11) is 1.80. The highest BCUT2D eigenvalue weighted by Gasteiger charge is 2.30. The van der Waals surface area contributed by atoms with Gasteiger partial charge in [0, 0.05) is 7.05 Å². The number of fused-ring (bicyclic) bond motifs is 1. The van der Waals surface area contributed by atoms with Gasteiger partial charge in [-0.3, -0.25) is 0 Å². The molecule has 1 aromatic carbocycles. The normalized spacial score (nSPS) is 17.8. The van der Waals surface area contributed by atoms with Crippen molar-refractivity contribution in [2.75, 3.05) is 0 Å². The number of aromatic nitrogens is 3. The minimum absolute atomic E-state index is 0.711. The third-order valence-electron chi connectivity index (χ3n) is 4.12. The van der Waals surface area contributed by atoms with Crippen LogP contribution in [0.25, 0.3) is 0 Å². The van der Waals surface area contributed by atoms with Crippen LogP contribution in [-0.4, -0.2) is 20.1 Å². The SMILES string of the molecule is Cn1nncc1C(C)(O)c1ccc2c(c1)CCCC2. The number of nitrogens with zero attached hydrogens (tertiary/aromatic N) is 3. The summed E-state index contributed by atoms with van der Waals surface area (Å²) >= 11 is 0. The second-order valence-corrected chi connectivity index (χ2v) is 5.51. The van der Waals surface area contributed by atoms with E-state index in [0.29, 0.717) is 5.69 Å². The lowest BCUT2D eigenvalue weighted by atomic mass is 9.85. The van der Waals surface area contributed by atoms with Crippen LogP contribution in [0.15, 0.2) is 24.4 Å². The summed E-state index contributed by atoms with van der Waals surface area (Å²) in [6.45, 7) is 1.80. The average molecular weight is 257 g/mol. The van der Waals surface area contributed by atoms with Crippen LogP contribution in [0.3, 0.4) is 0 Å². The molecular formula is C15H19N3O. The van der Waals surface area contributed by atoms with Gasteiger partial charge in [0.25, 0.3) is 0 Å². The van der Waals surface area contributed by atoms with Crippen molar-refractivity contribution in [3.05, 3.63) is 46.8 Å². The van der Waals surface area contributed by atoms with E-state index < -0.39 is 5.60 Å². The van der Waals surface area contributed by atoms with Crippen molar-refractivity contribution in [3.63, 3.8) is 0 Å². The Balaban J connectivity index is 2.04. The van der Waals surface area contributed by atoms with Crippen LogP contribution in [0, 0.1) is 0 Å². The second kappa shape index (κ2) is 4.46. The summed E-state index contributed by atoms with van der Waals surface area (Å²) in [5.41, 5.74) is 3.37. The van der Waals surface area contributed by atoms with Crippen molar-refractivity contribution in [1.29, 1.82) is 0 Å². The summed E-state index contributed by atoms with van der Waals surface area (Å²) in [4.78, 5) is 0. The van der Waals surface area contributed by atoms with Gasteiger partial charge in [-0.05, 0) is 49.3 Å². The monoisotopic (exact) mass is 257 g/mol. The Morgan fingerprint density at radius 3 is 2.63 bits per heavy atom. The van der Waals surface area contributed by atoms with Crippen molar-refractivity contribution in [2.24, 2.45) is 7.05 Å². The van der Waals surface area contributed by atoms with Gasteiger partial charge in [-0.1, -0.05) is 23.4 Å². The molecule has 0 amide bonds. The lowest BCUT2D eigenvalue weighted by Gasteiger charge is -2.26. The van der Waals surface area contributed by atoms with Gasteiger partial charge in [-0.2, -0.15) is 0 Å². The Bertz CT molecular complexity index is 601. The Labute approximate surface area is 113 Å². The third kappa shape index (κ3) is 2.06. The zero-order valence-electron chi connectivity index (χ0n) is 11.4. The van der Waals surface area contributed by atoms with E-state index in [9.17, 15) is 5.11 Å². The highest BCUT2D eigenvalue weighted by molar-refractivity contribution is 5.39. The van der Waals surface area contributed by atoms with Gasteiger partial charge in [0.05, 0.1) is 11.9 Å². The van der Waals surface area contributed by atoms with Crippen molar-refractivity contribution < 1.29 is 5.11 Å². The molecule has 0 fully saturated rings. The minimum atomic E-state index is -1.05. The predicted molar refractivity (Wildman–Crippen MR) is 72.8 cm³/mol. The first-order chi connectivity index (χ1) is 9.09. The molecule has 1 aliphatic carbocycles. The molecule has 1 unspecified atom stereocenters. The summed E-state index contributed by atoms with van der Waals surface area (Å²) in [6.07, 6.45) is 6.41. The first kappa shape index (κ1) is 12.4. The Hall–Kier alpha value is -1.68. The van der Waals surface area contributed by atoms with Crippen LogP contribution in [-0.2, 0) is 25.5 Å². The molecular weight excluding hydrogens is 238 g/mol. The van der Waals surface area contributed by atoms with Crippen molar-refractivity contribution in [1.82, 2.24) is 15.0 Å². The molecule has 0 radical (unpaired) electrons. The Morgan fingerprint density at radius 1 is 1.21 bits per heavy atom. The van der Waals surface area contributed by atoms with Crippen LogP contribution < -0.4 is 0 Å². The molecule has 100 valence electrons. The second-order valence-electron chi connectivity index (χ2n) is 5.51. The number of hydrogen-bond donors (Lipinski definition) is 1. The van der Waals surface area contributed by atoms with E-state index in [4.69, 9.17) is 0 Å². The van der Waals surface area contributed by atoms with E-state index in [0.717, 1.165) is 18.4 Å². The summed E-state index contributed by atoms with van der Waals surface area (Å²) in [5.74, 6) is 0. The molecule has 19 heavy (non-hydrogen) atoms. The van der Waals surface area contributed by atoms with Gasteiger partial charge in [-0.15, -0.1) is 5.10 Å². The molecule has 3 rings (SSSR count). The summed E-state index contributed by atoms with van der Waals surface area (Å²) in [5, 5.41) is 18.6. The zero-order valence-corrected chi connectivity index (χ0v) is 11.4. The number of aryl methyl sites for hydroxylation is 3. The van der Waals surface area contributed by atoms with Crippen molar-refractivity contribution in [3.8, 4) is 0 Å². The third-order valence-corrected chi connectivity index (χ3v) is 4.12. The van der Waals surface area contributed by atoms with E-state index in [2.05, 4.69) is 22.4 Å². The molecule has 4 heteroatoms. The Morgan fingerprint density at radius 2 is 1.95 bits per heavy atom. The van der Waals surface area contributed by atoms with Crippen LogP contribution in [0.2, 0.25) is 0 Å². The van der Waals surface area contributed by atoms with Gasteiger partial charge in [0.15, 0.2) is 0 Å². The number of hydrogen-bond acceptors (Lipinski definition) is 3. The van der Waals surface area contributed by atoms with E-state index in [1.165, 1.54) is 24.0 Å². The van der Waals surface area contributed by atoms with Gasteiger partial charge >= 0.3 is 0 Å². The van der Waals surface area contributed by atoms with Crippen molar-refractivity contribution >= 4 is 0 Å². The standard InChI is InChI=1S/C15H19N3O/c1-15(19,14-10-16-17-18(14)2)13-8-7-11-5-3-4-6-12(11)9-13/h7-10,19H,3-6H2,1-2H3. The van der Waals surface area contributed by atoms with Gasteiger partial charge < -0.3 is 5.11 Å². The number of aliphatic hydroxyl groups is 1. The molecule has 4 nitrogen and oxygen atoms in total. The first-order valence-corrected chi connectivity index (χ1v) is 6.79. The van der Waals surface area contributed by atoms with E-state index >= 15 is 0 Å². The lowest BCUT2D eigenvalue weighted by molar-refractivity contribution is 0.0928. The number of rotatable bonds is 2. The molecule has 0 aliphatic heterocycles. The zero-order chi connectivity index (χ0) is 13.5. The fraction of sp³-hybridized carbons (Fsp3) is 0.467. The first-order valence-electron chi connectivity index (χ1n) is 6.79. The molecule has 1 heterocycles. The summed E-state index contributed by atoms with van der Waals surface area (Å²) in [6, 6.07) is 6.32. The summed E-state index contributed by atoms with van der Waals surface area (Å²) < 4.78 is 1.62. The molecule has 1 aromatic heterocycles. The number of benzene rings is 1. The van der Waals surface area contributed by atoms with Crippen LogP contribution in [0.5, 0.6) is 0 Å². The molecule has 0 spiro atoms. The topological polar surface area (TPSA) is 50.9 Å². The minimum Gasteiger partial charge on any atom is -0.379 e. The van der Waals surface area contributed by atoms with Gasteiger partial charge in [0.1, 0.15) is 5.60 Å². The maximum absolute atomic E-state index is 10.8. The van der Waals surface area contributed by atoms with Gasteiger partial charge in [-0.25, -0.2) is 4.68 Å². The maximum atomic E-state index is 10.8. The van der Waals surface area contributed by atoms with Crippen molar-refractivity contribution in [2.45, 2.75) is 38.2 Å². The molecule has 1 aliphatic rings. The van der Waals surface area contributed by atoms with E-state index in [1.54, 1.807) is 24.9 Å². The van der Waals surface area contributed by atoms with Crippen LogP contribution >= 0.6 is 0 Å². The quantitative estimate of drug-likeness (QED) is 0.894. The average Bonchev–Trinajstić information content (AvgIpc) is 2.85. The van der Waals surface area contributed by atoms with E-state index in [1.807, 2.05) is 6.07 Å². The predicted octanol–water partition coefficient (Wildman–Crippen LogP) is 1.95. The maximum Gasteiger partial charge on any atom is 0.130 e. The molecule has 1 N–H and O–H groups in total. The molecule has 0 bridgehead atoms. The van der Waals surface area contributed by atoms with Crippen LogP contribution in [0.4, 0.5) is 0 Å². The molecule has 2 aromatic rings. The van der Waals surface area contributed by atoms with Crippen LogP contribution in [0.1, 0.15) is 42.1 Å². The largest absolute Gasteiger partial charge is 0.379 e. The fourth-order valence-electron chi connectivity index (χ4n) is 2.91. The van der Waals surface area contributed by atoms with Gasteiger partial charge in [0.2, 0.25) is 0 Å². The highest BCUT2D eigenvalue weighted by Crippen LogP contribution is 2.31. The molecule has 0 saturated carbocycles.